The molecule has 0 spiro atoms. The van der Waals surface area contributed by atoms with E-state index in [1.165, 1.54) is 0 Å². The van der Waals surface area contributed by atoms with Crippen LogP contribution in [-0.2, 0) is 15.2 Å². The summed E-state index contributed by atoms with van der Waals surface area (Å²) in [7, 11) is 3.18. The third kappa shape index (κ3) is 4.75. The molecular formula is C31H25F3N2O4. The van der Waals surface area contributed by atoms with Crippen molar-refractivity contribution in [3.05, 3.63) is 119 Å². The van der Waals surface area contributed by atoms with Crippen LogP contribution in [0.15, 0.2) is 96.0 Å². The zero-order valence-corrected chi connectivity index (χ0v) is 21.9. The number of fused-ring (bicyclic) bond motifs is 1. The van der Waals surface area contributed by atoms with Crippen molar-refractivity contribution in [1.29, 1.82) is 0 Å². The topological polar surface area (TPSA) is 69.2 Å². The van der Waals surface area contributed by atoms with Gasteiger partial charge < -0.3 is 14.3 Å². The van der Waals surface area contributed by atoms with Crippen LogP contribution in [-0.4, -0.2) is 32.2 Å². The summed E-state index contributed by atoms with van der Waals surface area (Å²) >= 11 is 0. The number of benzene rings is 4. The summed E-state index contributed by atoms with van der Waals surface area (Å²) in [5.41, 5.74) is 6.34. The molecule has 1 atom stereocenters. The van der Waals surface area contributed by atoms with Crippen LogP contribution in [0.2, 0.25) is 0 Å². The first-order chi connectivity index (χ1) is 19.2. The number of hydrogen-bond donors (Lipinski definition) is 1. The third-order valence-electron chi connectivity index (χ3n) is 6.82. The average Bonchev–Trinajstić information content (AvgIpc) is 3.31. The van der Waals surface area contributed by atoms with Gasteiger partial charge in [-0.15, -0.1) is 0 Å². The summed E-state index contributed by atoms with van der Waals surface area (Å²) in [5.74, 6) is -0.999. The molecule has 6 nitrogen and oxygen atoms in total. The highest BCUT2D eigenvalue weighted by Gasteiger charge is 2.45. The van der Waals surface area contributed by atoms with Crippen molar-refractivity contribution in [3.63, 3.8) is 0 Å². The first-order valence-corrected chi connectivity index (χ1v) is 12.3. The van der Waals surface area contributed by atoms with Gasteiger partial charge in [0.25, 0.3) is 0 Å². The lowest BCUT2D eigenvalue weighted by Crippen LogP contribution is -2.34. The Morgan fingerprint density at radius 1 is 0.825 bits per heavy atom. The maximum absolute atomic E-state index is 12.9. The monoisotopic (exact) mass is 546 g/mol. The second-order valence-corrected chi connectivity index (χ2v) is 9.20. The molecule has 204 valence electrons. The number of hydrogen-bond acceptors (Lipinski definition) is 6. The summed E-state index contributed by atoms with van der Waals surface area (Å²) in [6.45, 7) is 1.90. The molecule has 4 aromatic carbocycles. The molecule has 0 saturated heterocycles. The van der Waals surface area contributed by atoms with E-state index in [0.717, 1.165) is 27.8 Å². The number of aryl methyl sites for hydroxylation is 1. The summed E-state index contributed by atoms with van der Waals surface area (Å²) < 4.78 is 49.6. The lowest BCUT2D eigenvalue weighted by Gasteiger charge is -2.30. The predicted molar refractivity (Wildman–Crippen MR) is 144 cm³/mol. The fourth-order valence-electron chi connectivity index (χ4n) is 4.96. The molecule has 1 N–H and O–H groups in total. The quantitative estimate of drug-likeness (QED) is 0.296. The van der Waals surface area contributed by atoms with Crippen LogP contribution in [0.5, 0.6) is 11.5 Å². The molecule has 5 rings (SSSR count). The Hall–Kier alpha value is -4.79. The van der Waals surface area contributed by atoms with Crippen LogP contribution < -0.4 is 15.0 Å². The predicted octanol–water partition coefficient (Wildman–Crippen LogP) is 6.34. The Bertz CT molecular complexity index is 1620. The van der Waals surface area contributed by atoms with Crippen LogP contribution >= 0.6 is 0 Å². The fraction of sp³-hybridized carbons (Fsp3) is 0.161. The molecule has 0 saturated carbocycles. The van der Waals surface area contributed by atoms with Crippen molar-refractivity contribution in [2.24, 2.45) is 4.99 Å². The molecule has 1 aliphatic rings. The molecule has 0 bridgehead atoms. The molecule has 4 aromatic rings. The van der Waals surface area contributed by atoms with Gasteiger partial charge in [0.1, 0.15) is 17.0 Å². The molecule has 9 heteroatoms. The lowest BCUT2D eigenvalue weighted by atomic mass is 9.76. The Morgan fingerprint density at radius 3 is 2.23 bits per heavy atom. The van der Waals surface area contributed by atoms with Crippen molar-refractivity contribution in [3.8, 4) is 22.6 Å². The van der Waals surface area contributed by atoms with Crippen LogP contribution in [0.3, 0.4) is 0 Å². The van der Waals surface area contributed by atoms with Gasteiger partial charge in [0, 0.05) is 5.56 Å². The summed E-state index contributed by atoms with van der Waals surface area (Å²) in [6, 6.07) is 28.1. The highest BCUT2D eigenvalue weighted by molar-refractivity contribution is 6.04. The molecule has 40 heavy (non-hydrogen) atoms. The van der Waals surface area contributed by atoms with Crippen molar-refractivity contribution in [1.82, 2.24) is 5.48 Å². The smallest absolute Gasteiger partial charge is 0.493 e. The first kappa shape index (κ1) is 26.8. The highest BCUT2D eigenvalue weighted by atomic mass is 19.4. The zero-order valence-electron chi connectivity index (χ0n) is 21.9. The number of hydroxylamine groups is 1. The van der Waals surface area contributed by atoms with Crippen LogP contribution in [0.25, 0.3) is 11.1 Å². The molecule has 0 aliphatic carbocycles. The maximum atomic E-state index is 12.9. The minimum atomic E-state index is -5.17. The van der Waals surface area contributed by atoms with Crippen LogP contribution in [0, 0.1) is 6.92 Å². The molecule has 0 fully saturated rings. The molecular weight excluding hydrogens is 521 g/mol. The Morgan fingerprint density at radius 2 is 1.52 bits per heavy atom. The molecule has 0 aromatic heterocycles. The van der Waals surface area contributed by atoms with E-state index in [1.54, 1.807) is 26.4 Å². The number of aliphatic imine (C=N–C) groups is 1. The van der Waals surface area contributed by atoms with Gasteiger partial charge in [-0.1, -0.05) is 60.7 Å². The van der Waals surface area contributed by atoms with Crippen molar-refractivity contribution in [2.75, 3.05) is 14.2 Å². The third-order valence-corrected chi connectivity index (χ3v) is 6.82. The number of nitrogens with zero attached hydrogens (tertiary/aromatic N) is 1. The highest BCUT2D eigenvalue weighted by Crippen LogP contribution is 2.47. The normalized spacial score (nSPS) is 16.1. The minimum Gasteiger partial charge on any atom is -0.497 e. The van der Waals surface area contributed by atoms with Gasteiger partial charge in [-0.05, 0) is 70.6 Å². The number of carbonyl (C=O) groups excluding carboxylic acids is 1. The molecule has 1 unspecified atom stereocenters. The molecule has 0 radical (unpaired) electrons. The van der Waals surface area contributed by atoms with E-state index in [1.807, 2.05) is 85.8 Å². The van der Waals surface area contributed by atoms with Gasteiger partial charge in [0.05, 0.1) is 14.2 Å². The van der Waals surface area contributed by atoms with Crippen molar-refractivity contribution < 1.29 is 32.3 Å². The number of methoxy groups -OCH3 is 2. The zero-order chi connectivity index (χ0) is 28.5. The Labute approximate surface area is 229 Å². The maximum Gasteiger partial charge on any atom is 0.493 e. The van der Waals surface area contributed by atoms with Gasteiger partial charge in [-0.2, -0.15) is 18.7 Å². The number of amidine groups is 1. The fourth-order valence-corrected chi connectivity index (χ4v) is 4.96. The van der Waals surface area contributed by atoms with Crippen molar-refractivity contribution >= 4 is 11.8 Å². The standard InChI is InChI=1S/C31H25F3N2O4/c1-19-16-23(14-15-27(19)39-3)30(22-10-6-8-20(17-22)21-9-7-11-24(18-21)38-2)26-13-5-4-12-25(26)28(35-30)36-40-29(37)31(32,33)34/h4-18H,1-3H3,(H,35,36). The minimum absolute atomic E-state index is 0.00606. The van der Waals surface area contributed by atoms with Crippen LogP contribution in [0.4, 0.5) is 13.2 Å². The molecule has 1 aliphatic heterocycles. The number of ether oxygens (including phenoxy) is 2. The lowest BCUT2D eigenvalue weighted by molar-refractivity contribution is -0.203. The van der Waals surface area contributed by atoms with Crippen molar-refractivity contribution in [2.45, 2.75) is 18.6 Å². The molecule has 0 amide bonds. The molecule has 1 heterocycles. The number of alkyl halides is 3. The SMILES string of the molecule is COc1cccc(-c2cccc(C3(c4ccc(OC)c(C)c4)N=C(NOC(=O)C(F)(F)F)c4ccccc43)c2)c1. The van der Waals surface area contributed by atoms with E-state index >= 15 is 0 Å². The van der Waals surface area contributed by atoms with Gasteiger partial charge in [-0.3, -0.25) is 0 Å². The second-order valence-electron chi connectivity index (χ2n) is 9.20. The largest absolute Gasteiger partial charge is 0.497 e. The second kappa shape index (κ2) is 10.4. The van der Waals surface area contributed by atoms with Gasteiger partial charge in [0.2, 0.25) is 0 Å². The van der Waals surface area contributed by atoms with Gasteiger partial charge in [0.15, 0.2) is 5.84 Å². The first-order valence-electron chi connectivity index (χ1n) is 12.3. The van der Waals surface area contributed by atoms with Crippen LogP contribution in [0.1, 0.15) is 27.8 Å². The number of halogens is 3. The number of nitrogens with one attached hydrogen (secondary N) is 1. The average molecular weight is 547 g/mol. The van der Waals surface area contributed by atoms with E-state index in [-0.39, 0.29) is 5.84 Å². The van der Waals surface area contributed by atoms with Gasteiger partial charge in [-0.25, -0.2) is 9.79 Å². The Balaban J connectivity index is 1.72. The van der Waals surface area contributed by atoms with E-state index in [9.17, 15) is 18.0 Å². The summed E-state index contributed by atoms with van der Waals surface area (Å²) in [5, 5.41) is 0. The summed E-state index contributed by atoms with van der Waals surface area (Å²) in [6.07, 6.45) is -5.17. The van der Waals surface area contributed by atoms with E-state index < -0.39 is 17.7 Å². The van der Waals surface area contributed by atoms with E-state index in [0.29, 0.717) is 22.6 Å². The number of rotatable bonds is 5. The Kier molecular flexibility index (Phi) is 6.97. The van der Waals surface area contributed by atoms with E-state index in [4.69, 9.17) is 14.5 Å². The number of carbonyl (C=O) groups is 1. The van der Waals surface area contributed by atoms with E-state index in [2.05, 4.69) is 10.3 Å². The summed E-state index contributed by atoms with van der Waals surface area (Å²) in [4.78, 5) is 20.9. The van der Waals surface area contributed by atoms with Gasteiger partial charge >= 0.3 is 12.1 Å².